The summed E-state index contributed by atoms with van der Waals surface area (Å²) in [4.78, 5) is 12.7. The van der Waals surface area contributed by atoms with E-state index in [1.807, 2.05) is 30.3 Å². The van der Waals surface area contributed by atoms with Gasteiger partial charge in [-0.25, -0.2) is 0 Å². The minimum absolute atomic E-state index is 0.0316. The number of benzene rings is 1. The molecule has 1 aromatic carbocycles. The Balaban J connectivity index is 2.46. The van der Waals surface area contributed by atoms with Crippen LogP contribution >= 0.6 is 11.8 Å². The Morgan fingerprint density at radius 1 is 1.42 bits per heavy atom. The predicted octanol–water partition coefficient (Wildman–Crippen LogP) is 2.57. The molecule has 0 aliphatic heterocycles. The van der Waals surface area contributed by atoms with E-state index in [0.717, 1.165) is 16.3 Å². The van der Waals surface area contributed by atoms with Gasteiger partial charge in [-0.15, -0.1) is 18.3 Å². The summed E-state index contributed by atoms with van der Waals surface area (Å²) in [6.45, 7) is 4.61. The molecule has 0 saturated heterocycles. The second-order valence-corrected chi connectivity index (χ2v) is 4.75. The third-order valence-corrected chi connectivity index (χ3v) is 3.25. The largest absolute Gasteiger partial charge is 0.382 e. The summed E-state index contributed by atoms with van der Waals surface area (Å²) in [5.74, 6) is 0.639. The SMILES string of the molecule is C=CCSc1ccccc1NC(=O)COCCOC. The standard InChI is InChI=1S/C14H19NO3S/c1-3-10-19-13-7-5-4-6-12(13)15-14(16)11-18-9-8-17-2/h3-7H,1,8-11H2,2H3,(H,15,16). The number of hydrogen-bond donors (Lipinski definition) is 1. The molecule has 19 heavy (non-hydrogen) atoms. The van der Waals surface area contributed by atoms with Crippen molar-refractivity contribution in [3.05, 3.63) is 36.9 Å². The van der Waals surface area contributed by atoms with E-state index in [9.17, 15) is 4.79 Å². The van der Waals surface area contributed by atoms with E-state index < -0.39 is 0 Å². The van der Waals surface area contributed by atoms with Crippen molar-refractivity contribution < 1.29 is 14.3 Å². The van der Waals surface area contributed by atoms with Crippen molar-refractivity contribution in [2.24, 2.45) is 0 Å². The summed E-state index contributed by atoms with van der Waals surface area (Å²) in [7, 11) is 1.59. The molecule has 0 radical (unpaired) electrons. The maximum atomic E-state index is 11.7. The maximum Gasteiger partial charge on any atom is 0.250 e. The lowest BCUT2D eigenvalue weighted by Crippen LogP contribution is -2.20. The Kier molecular flexibility index (Phi) is 7.97. The number of amides is 1. The first-order chi connectivity index (χ1) is 9.27. The number of thioether (sulfide) groups is 1. The van der Waals surface area contributed by atoms with Crippen LogP contribution in [0.15, 0.2) is 41.8 Å². The van der Waals surface area contributed by atoms with Gasteiger partial charge in [0.1, 0.15) is 6.61 Å². The van der Waals surface area contributed by atoms with Gasteiger partial charge in [0.25, 0.3) is 0 Å². The monoisotopic (exact) mass is 281 g/mol. The number of methoxy groups -OCH3 is 1. The van der Waals surface area contributed by atoms with Crippen molar-refractivity contribution in [1.82, 2.24) is 0 Å². The maximum absolute atomic E-state index is 11.7. The molecule has 1 aromatic rings. The van der Waals surface area contributed by atoms with E-state index >= 15 is 0 Å². The highest BCUT2D eigenvalue weighted by Gasteiger charge is 2.06. The molecule has 104 valence electrons. The summed E-state index contributed by atoms with van der Waals surface area (Å²) >= 11 is 1.63. The fourth-order valence-electron chi connectivity index (χ4n) is 1.34. The van der Waals surface area contributed by atoms with Gasteiger partial charge in [-0.2, -0.15) is 0 Å². The zero-order valence-electron chi connectivity index (χ0n) is 11.1. The number of hydrogen-bond acceptors (Lipinski definition) is 4. The Hall–Kier alpha value is -1.30. The van der Waals surface area contributed by atoms with Crippen molar-refractivity contribution in [2.75, 3.05) is 38.0 Å². The third-order valence-electron chi connectivity index (χ3n) is 2.18. The van der Waals surface area contributed by atoms with Crippen molar-refractivity contribution >= 4 is 23.4 Å². The normalized spacial score (nSPS) is 10.2. The summed E-state index contributed by atoms with van der Waals surface area (Å²) in [6.07, 6.45) is 1.83. The molecule has 0 spiro atoms. The lowest BCUT2D eigenvalue weighted by molar-refractivity contribution is -0.121. The topological polar surface area (TPSA) is 47.6 Å². The minimum Gasteiger partial charge on any atom is -0.382 e. The van der Waals surface area contributed by atoms with Gasteiger partial charge in [-0.3, -0.25) is 4.79 Å². The smallest absolute Gasteiger partial charge is 0.250 e. The number of ether oxygens (including phenoxy) is 2. The minimum atomic E-state index is -0.164. The van der Waals surface area contributed by atoms with Gasteiger partial charge in [0.15, 0.2) is 0 Å². The molecule has 0 fully saturated rings. The Morgan fingerprint density at radius 3 is 2.95 bits per heavy atom. The number of para-hydroxylation sites is 1. The zero-order chi connectivity index (χ0) is 13.9. The average molecular weight is 281 g/mol. The number of nitrogens with one attached hydrogen (secondary N) is 1. The van der Waals surface area contributed by atoms with Crippen molar-refractivity contribution in [3.8, 4) is 0 Å². The number of anilines is 1. The van der Waals surface area contributed by atoms with Crippen molar-refractivity contribution in [3.63, 3.8) is 0 Å². The van der Waals surface area contributed by atoms with Crippen LogP contribution in [0.25, 0.3) is 0 Å². The molecular formula is C14H19NO3S. The lowest BCUT2D eigenvalue weighted by atomic mass is 10.3. The number of carbonyl (C=O) groups is 1. The molecular weight excluding hydrogens is 262 g/mol. The fourth-order valence-corrected chi connectivity index (χ4v) is 2.08. The van der Waals surface area contributed by atoms with Crippen LogP contribution in [0.5, 0.6) is 0 Å². The molecule has 5 heteroatoms. The highest BCUT2D eigenvalue weighted by molar-refractivity contribution is 7.99. The molecule has 1 rings (SSSR count). The Morgan fingerprint density at radius 2 is 2.21 bits per heavy atom. The van der Waals surface area contributed by atoms with Gasteiger partial charge in [0, 0.05) is 17.8 Å². The summed E-state index contributed by atoms with van der Waals surface area (Å²) in [5.41, 5.74) is 0.801. The van der Waals surface area contributed by atoms with Crippen LogP contribution < -0.4 is 5.32 Å². The molecule has 0 aliphatic rings. The molecule has 0 bridgehead atoms. The quantitative estimate of drug-likeness (QED) is 0.429. The van der Waals surface area contributed by atoms with E-state index in [0.29, 0.717) is 13.2 Å². The number of rotatable bonds is 9. The van der Waals surface area contributed by atoms with E-state index in [4.69, 9.17) is 9.47 Å². The van der Waals surface area contributed by atoms with E-state index in [2.05, 4.69) is 11.9 Å². The van der Waals surface area contributed by atoms with Crippen LogP contribution in [0.3, 0.4) is 0 Å². The first-order valence-electron chi connectivity index (χ1n) is 5.97. The van der Waals surface area contributed by atoms with Gasteiger partial charge >= 0.3 is 0 Å². The van der Waals surface area contributed by atoms with Crippen molar-refractivity contribution in [2.45, 2.75) is 4.90 Å². The third kappa shape index (κ3) is 6.42. The molecule has 1 N–H and O–H groups in total. The van der Waals surface area contributed by atoms with E-state index in [1.165, 1.54) is 0 Å². The van der Waals surface area contributed by atoms with Crippen molar-refractivity contribution in [1.29, 1.82) is 0 Å². The molecule has 0 aliphatic carbocycles. The van der Waals surface area contributed by atoms with Gasteiger partial charge in [-0.05, 0) is 12.1 Å². The van der Waals surface area contributed by atoms with E-state index in [-0.39, 0.29) is 12.5 Å². The summed E-state index contributed by atoms with van der Waals surface area (Å²) in [5, 5.41) is 2.84. The van der Waals surface area contributed by atoms with E-state index in [1.54, 1.807) is 18.9 Å². The second-order valence-electron chi connectivity index (χ2n) is 3.69. The fraction of sp³-hybridized carbons (Fsp3) is 0.357. The highest BCUT2D eigenvalue weighted by atomic mass is 32.2. The van der Waals surface area contributed by atoms with Gasteiger partial charge in [0.2, 0.25) is 5.91 Å². The Labute approximate surface area is 118 Å². The molecule has 0 aromatic heterocycles. The predicted molar refractivity (Wildman–Crippen MR) is 78.7 cm³/mol. The highest BCUT2D eigenvalue weighted by Crippen LogP contribution is 2.26. The Bertz CT molecular complexity index is 409. The van der Waals surface area contributed by atoms with Crippen LogP contribution in [0.2, 0.25) is 0 Å². The lowest BCUT2D eigenvalue weighted by Gasteiger charge is -2.10. The molecule has 0 saturated carbocycles. The number of carbonyl (C=O) groups excluding carboxylic acids is 1. The second kappa shape index (κ2) is 9.61. The molecule has 0 heterocycles. The van der Waals surface area contributed by atoms with Crippen LogP contribution in [0.1, 0.15) is 0 Å². The average Bonchev–Trinajstić information content (AvgIpc) is 2.43. The zero-order valence-corrected chi connectivity index (χ0v) is 11.9. The van der Waals surface area contributed by atoms with Gasteiger partial charge in [0.05, 0.1) is 18.9 Å². The van der Waals surface area contributed by atoms with Crippen LogP contribution in [0, 0.1) is 0 Å². The van der Waals surface area contributed by atoms with Gasteiger partial charge in [-0.1, -0.05) is 18.2 Å². The molecule has 4 nitrogen and oxygen atoms in total. The molecule has 1 amide bonds. The molecule has 0 atom stereocenters. The van der Waals surface area contributed by atoms with Crippen LogP contribution in [-0.2, 0) is 14.3 Å². The van der Waals surface area contributed by atoms with Gasteiger partial charge < -0.3 is 14.8 Å². The summed E-state index contributed by atoms with van der Waals surface area (Å²) < 4.78 is 10.0. The first-order valence-corrected chi connectivity index (χ1v) is 6.95. The van der Waals surface area contributed by atoms with Crippen LogP contribution in [0.4, 0.5) is 5.69 Å². The van der Waals surface area contributed by atoms with Crippen LogP contribution in [-0.4, -0.2) is 38.6 Å². The molecule has 0 unspecified atom stereocenters. The first kappa shape index (κ1) is 15.8. The summed E-state index contributed by atoms with van der Waals surface area (Å²) in [6, 6.07) is 7.67.